The molecule has 0 unspecified atom stereocenters. The van der Waals surface area contributed by atoms with Gasteiger partial charge in [0.05, 0.1) is 11.3 Å². The van der Waals surface area contributed by atoms with E-state index < -0.39 is 46.1 Å². The van der Waals surface area contributed by atoms with Crippen LogP contribution in [0.2, 0.25) is 0 Å². The molecule has 26 heavy (non-hydrogen) atoms. The van der Waals surface area contributed by atoms with Crippen LogP contribution in [0.15, 0.2) is 29.2 Å². The Bertz CT molecular complexity index is 780. The summed E-state index contributed by atoms with van der Waals surface area (Å²) in [5.41, 5.74) is 0.170. The Hall–Kier alpha value is -2.46. The predicted octanol–water partition coefficient (Wildman–Crippen LogP) is 1.17. The maximum Gasteiger partial charge on any atom is 0.415 e. The summed E-state index contributed by atoms with van der Waals surface area (Å²) >= 11 is 0. The van der Waals surface area contributed by atoms with E-state index in [0.29, 0.717) is 0 Å². The molecule has 0 spiro atoms. The molecule has 0 aliphatic rings. The molecule has 0 bridgehead atoms. The maximum atomic E-state index is 12.2. The van der Waals surface area contributed by atoms with E-state index in [-0.39, 0.29) is 4.90 Å². The number of carbonyl (C=O) groups is 3. The van der Waals surface area contributed by atoms with Gasteiger partial charge in [-0.15, -0.1) is 0 Å². The number of alkyl carbamates (subject to hydrolysis) is 1. The van der Waals surface area contributed by atoms with E-state index in [1.807, 2.05) is 4.72 Å². The fourth-order valence-electron chi connectivity index (χ4n) is 1.80. The highest BCUT2D eigenvalue weighted by molar-refractivity contribution is 7.89. The molecule has 0 heterocycles. The zero-order valence-electron chi connectivity index (χ0n) is 14.9. The van der Waals surface area contributed by atoms with Gasteiger partial charge in [-0.25, -0.2) is 13.2 Å². The van der Waals surface area contributed by atoms with Crippen LogP contribution >= 0.6 is 0 Å². The van der Waals surface area contributed by atoms with Crippen LogP contribution in [-0.2, 0) is 24.3 Å². The third kappa shape index (κ3) is 7.19. The van der Waals surface area contributed by atoms with Crippen LogP contribution in [0, 0.1) is 6.92 Å². The SMILES string of the molecule is Cc1ccc(S(=O)(=O)N[C@@H](CC(=O)OC(=O)NC(C)(C)C)C(=O)O)cc1. The van der Waals surface area contributed by atoms with E-state index in [1.54, 1.807) is 39.8 Å². The van der Waals surface area contributed by atoms with E-state index in [0.717, 1.165) is 5.56 Å². The molecule has 0 aromatic heterocycles. The molecule has 0 saturated heterocycles. The van der Waals surface area contributed by atoms with Crippen molar-refractivity contribution in [2.75, 3.05) is 0 Å². The number of hydrogen-bond donors (Lipinski definition) is 3. The van der Waals surface area contributed by atoms with Gasteiger partial charge in [-0.05, 0) is 39.8 Å². The van der Waals surface area contributed by atoms with Crippen molar-refractivity contribution in [1.29, 1.82) is 0 Å². The lowest BCUT2D eigenvalue weighted by molar-refractivity contribution is -0.145. The fourth-order valence-corrected chi connectivity index (χ4v) is 2.98. The molecule has 0 radical (unpaired) electrons. The van der Waals surface area contributed by atoms with Gasteiger partial charge in [0.1, 0.15) is 6.04 Å². The van der Waals surface area contributed by atoms with Crippen LogP contribution in [0.4, 0.5) is 4.79 Å². The number of esters is 1. The first kappa shape index (κ1) is 21.6. The Kier molecular flexibility index (Phi) is 6.87. The average Bonchev–Trinajstić information content (AvgIpc) is 2.44. The Morgan fingerprint density at radius 1 is 1.15 bits per heavy atom. The number of amides is 1. The Morgan fingerprint density at radius 2 is 1.69 bits per heavy atom. The van der Waals surface area contributed by atoms with E-state index >= 15 is 0 Å². The van der Waals surface area contributed by atoms with Crippen LogP contribution in [0.25, 0.3) is 0 Å². The van der Waals surface area contributed by atoms with Crippen molar-refractivity contribution in [2.45, 2.75) is 50.6 Å². The highest BCUT2D eigenvalue weighted by Crippen LogP contribution is 2.12. The summed E-state index contributed by atoms with van der Waals surface area (Å²) in [5, 5.41) is 11.5. The number of sulfonamides is 1. The van der Waals surface area contributed by atoms with E-state index in [2.05, 4.69) is 10.1 Å². The number of rotatable bonds is 6. The second kappa shape index (κ2) is 8.28. The van der Waals surface area contributed by atoms with Gasteiger partial charge in [-0.3, -0.25) is 9.59 Å². The zero-order valence-corrected chi connectivity index (χ0v) is 15.7. The minimum atomic E-state index is -4.16. The zero-order chi connectivity index (χ0) is 20.1. The number of carboxylic acids is 1. The van der Waals surface area contributed by atoms with Crippen LogP contribution < -0.4 is 10.0 Å². The number of nitrogens with one attached hydrogen (secondary N) is 2. The Morgan fingerprint density at radius 3 is 2.15 bits per heavy atom. The quantitative estimate of drug-likeness (QED) is 0.492. The lowest BCUT2D eigenvalue weighted by Gasteiger charge is -2.20. The van der Waals surface area contributed by atoms with Crippen LogP contribution in [0.5, 0.6) is 0 Å². The first-order valence-electron chi connectivity index (χ1n) is 7.65. The number of aliphatic carboxylic acids is 1. The summed E-state index contributed by atoms with van der Waals surface area (Å²) in [7, 11) is -4.16. The molecule has 9 nitrogen and oxygen atoms in total. The summed E-state index contributed by atoms with van der Waals surface area (Å²) in [4.78, 5) is 34.4. The van der Waals surface area contributed by atoms with E-state index in [9.17, 15) is 22.8 Å². The van der Waals surface area contributed by atoms with Gasteiger partial charge < -0.3 is 15.2 Å². The number of carbonyl (C=O) groups excluding carboxylic acids is 2. The molecule has 3 N–H and O–H groups in total. The fraction of sp³-hybridized carbons (Fsp3) is 0.438. The molecule has 1 aromatic rings. The first-order chi connectivity index (χ1) is 11.8. The average molecular weight is 386 g/mol. The lowest BCUT2D eigenvalue weighted by Crippen LogP contribution is -2.44. The molecule has 0 aliphatic carbocycles. The van der Waals surface area contributed by atoms with Crippen LogP contribution in [0.1, 0.15) is 32.8 Å². The lowest BCUT2D eigenvalue weighted by atomic mass is 10.1. The largest absolute Gasteiger partial charge is 0.480 e. The van der Waals surface area contributed by atoms with Crippen molar-refractivity contribution in [3.8, 4) is 0 Å². The van der Waals surface area contributed by atoms with Gasteiger partial charge in [0.2, 0.25) is 10.0 Å². The smallest absolute Gasteiger partial charge is 0.415 e. The molecule has 0 saturated carbocycles. The highest BCUT2D eigenvalue weighted by Gasteiger charge is 2.29. The number of benzene rings is 1. The molecule has 144 valence electrons. The van der Waals surface area contributed by atoms with Gasteiger partial charge in [0.15, 0.2) is 0 Å². The second-order valence-electron chi connectivity index (χ2n) is 6.67. The molecule has 1 amide bonds. The van der Waals surface area contributed by atoms with Gasteiger partial charge in [0, 0.05) is 5.54 Å². The van der Waals surface area contributed by atoms with Gasteiger partial charge >= 0.3 is 18.0 Å². The number of carboxylic acid groups (broad SMARTS) is 1. The minimum Gasteiger partial charge on any atom is -0.480 e. The molecule has 10 heteroatoms. The highest BCUT2D eigenvalue weighted by atomic mass is 32.2. The molecule has 0 fully saturated rings. The number of aryl methyl sites for hydroxylation is 1. The monoisotopic (exact) mass is 386 g/mol. The van der Waals surface area contributed by atoms with Crippen molar-refractivity contribution < 1.29 is 32.6 Å². The number of hydrogen-bond acceptors (Lipinski definition) is 6. The van der Waals surface area contributed by atoms with Crippen LogP contribution in [0.3, 0.4) is 0 Å². The van der Waals surface area contributed by atoms with Gasteiger partial charge in [-0.2, -0.15) is 4.72 Å². The standard InChI is InChI=1S/C16H22N2O7S/c1-10-5-7-11(8-6-10)26(23,24)18-12(14(20)21)9-13(19)25-15(22)17-16(2,3)4/h5-8,12,18H,9H2,1-4H3,(H,17,22)(H,20,21)/t12-/m0/s1. The second-order valence-corrected chi connectivity index (χ2v) is 8.38. The summed E-state index contributed by atoms with van der Waals surface area (Å²) in [6, 6.07) is 3.94. The molecule has 1 aromatic carbocycles. The summed E-state index contributed by atoms with van der Waals surface area (Å²) in [5.74, 6) is -2.75. The normalized spacial score (nSPS) is 12.9. The molecule has 0 aliphatic heterocycles. The molecular weight excluding hydrogens is 364 g/mol. The molecule has 1 rings (SSSR count). The third-order valence-electron chi connectivity index (χ3n) is 2.98. The van der Waals surface area contributed by atoms with E-state index in [1.165, 1.54) is 12.1 Å². The summed E-state index contributed by atoms with van der Waals surface area (Å²) in [6.45, 7) is 6.75. The molecular formula is C16H22N2O7S. The van der Waals surface area contributed by atoms with Crippen molar-refractivity contribution >= 4 is 28.1 Å². The summed E-state index contributed by atoms with van der Waals surface area (Å²) < 4.78 is 30.9. The maximum absolute atomic E-state index is 12.2. The Labute approximate surface area is 151 Å². The minimum absolute atomic E-state index is 0.145. The van der Waals surface area contributed by atoms with Crippen molar-refractivity contribution in [2.24, 2.45) is 0 Å². The van der Waals surface area contributed by atoms with Gasteiger partial charge in [-0.1, -0.05) is 17.7 Å². The van der Waals surface area contributed by atoms with Crippen LogP contribution in [-0.4, -0.2) is 43.1 Å². The van der Waals surface area contributed by atoms with Crippen molar-refractivity contribution in [1.82, 2.24) is 10.0 Å². The molecule has 1 atom stereocenters. The van der Waals surface area contributed by atoms with Gasteiger partial charge in [0.25, 0.3) is 0 Å². The van der Waals surface area contributed by atoms with Crippen molar-refractivity contribution in [3.63, 3.8) is 0 Å². The van der Waals surface area contributed by atoms with E-state index in [4.69, 9.17) is 5.11 Å². The topological polar surface area (TPSA) is 139 Å². The van der Waals surface area contributed by atoms with Crippen molar-refractivity contribution in [3.05, 3.63) is 29.8 Å². The Balaban J connectivity index is 2.80. The third-order valence-corrected chi connectivity index (χ3v) is 4.47. The predicted molar refractivity (Wildman–Crippen MR) is 91.9 cm³/mol. The number of ether oxygens (including phenoxy) is 1. The summed E-state index contributed by atoms with van der Waals surface area (Å²) in [6.07, 6.45) is -1.90. The first-order valence-corrected chi connectivity index (χ1v) is 9.13.